The summed E-state index contributed by atoms with van der Waals surface area (Å²) in [6.45, 7) is 3.87. The van der Waals surface area contributed by atoms with Gasteiger partial charge in [-0.1, -0.05) is 54.6 Å². The van der Waals surface area contributed by atoms with Crippen LogP contribution in [0.2, 0.25) is 0 Å². The second kappa shape index (κ2) is 7.95. The number of Topliss-reactive ketones (excluding diaryl/α,β-unsaturated/α-hetero) is 1. The van der Waals surface area contributed by atoms with Gasteiger partial charge in [-0.2, -0.15) is 0 Å². The highest BCUT2D eigenvalue weighted by atomic mass is 16.2. The van der Waals surface area contributed by atoms with Crippen molar-refractivity contribution in [2.75, 3.05) is 10.6 Å². The SMILES string of the molecule is Cc1cccc(C)c1NC(=O)c1ccccc1NC(=O)C1CC(=O)c2ccccc21. The van der Waals surface area contributed by atoms with Crippen LogP contribution in [0, 0.1) is 13.8 Å². The van der Waals surface area contributed by atoms with Gasteiger partial charge in [-0.25, -0.2) is 0 Å². The van der Waals surface area contributed by atoms with Gasteiger partial charge in [0.1, 0.15) is 0 Å². The summed E-state index contributed by atoms with van der Waals surface area (Å²) in [5, 5.41) is 5.81. The number of hydrogen-bond acceptors (Lipinski definition) is 3. The van der Waals surface area contributed by atoms with E-state index in [9.17, 15) is 14.4 Å². The molecule has 3 aromatic carbocycles. The molecule has 3 aromatic rings. The zero-order valence-electron chi connectivity index (χ0n) is 16.9. The maximum Gasteiger partial charge on any atom is 0.257 e. The number of para-hydroxylation sites is 2. The average Bonchev–Trinajstić information content (AvgIpc) is 3.08. The van der Waals surface area contributed by atoms with Crippen molar-refractivity contribution in [3.63, 3.8) is 0 Å². The molecule has 0 spiro atoms. The first-order chi connectivity index (χ1) is 14.5. The van der Waals surface area contributed by atoms with Crippen LogP contribution in [0.5, 0.6) is 0 Å². The van der Waals surface area contributed by atoms with Crippen LogP contribution in [0.3, 0.4) is 0 Å². The van der Waals surface area contributed by atoms with Gasteiger partial charge in [0.15, 0.2) is 5.78 Å². The van der Waals surface area contributed by atoms with Crippen molar-refractivity contribution in [3.8, 4) is 0 Å². The van der Waals surface area contributed by atoms with Gasteiger partial charge in [-0.15, -0.1) is 0 Å². The van der Waals surface area contributed by atoms with Crippen LogP contribution < -0.4 is 10.6 Å². The van der Waals surface area contributed by atoms with Gasteiger partial charge in [0.2, 0.25) is 5.91 Å². The lowest BCUT2D eigenvalue weighted by Gasteiger charge is -2.16. The van der Waals surface area contributed by atoms with Crippen LogP contribution in [-0.4, -0.2) is 17.6 Å². The third-order valence-electron chi connectivity index (χ3n) is 5.49. The minimum atomic E-state index is -0.552. The number of benzene rings is 3. The molecule has 0 aliphatic heterocycles. The first-order valence-electron chi connectivity index (χ1n) is 9.85. The van der Waals surface area contributed by atoms with Crippen LogP contribution in [0.25, 0.3) is 0 Å². The fourth-order valence-corrected chi connectivity index (χ4v) is 3.90. The van der Waals surface area contributed by atoms with Gasteiger partial charge in [0.25, 0.3) is 5.91 Å². The van der Waals surface area contributed by atoms with Gasteiger partial charge >= 0.3 is 0 Å². The molecule has 1 atom stereocenters. The quantitative estimate of drug-likeness (QED) is 0.659. The minimum absolute atomic E-state index is 0.0354. The molecule has 1 aliphatic carbocycles. The third-order valence-corrected chi connectivity index (χ3v) is 5.49. The van der Waals surface area contributed by atoms with Crippen LogP contribution in [-0.2, 0) is 4.79 Å². The molecule has 4 rings (SSSR count). The first-order valence-corrected chi connectivity index (χ1v) is 9.85. The van der Waals surface area contributed by atoms with Gasteiger partial charge in [0.05, 0.1) is 17.2 Å². The third kappa shape index (κ3) is 3.62. The van der Waals surface area contributed by atoms with E-state index in [1.807, 2.05) is 44.2 Å². The fraction of sp³-hybridized carbons (Fsp3) is 0.160. The Morgan fingerprint density at radius 2 is 1.50 bits per heavy atom. The zero-order chi connectivity index (χ0) is 21.3. The first kappa shape index (κ1) is 19.6. The summed E-state index contributed by atoms with van der Waals surface area (Å²) in [4.78, 5) is 38.2. The average molecular weight is 398 g/mol. The van der Waals surface area contributed by atoms with Crippen molar-refractivity contribution in [3.05, 3.63) is 94.5 Å². The smallest absolute Gasteiger partial charge is 0.257 e. The van der Waals surface area contributed by atoms with E-state index in [2.05, 4.69) is 10.6 Å². The number of rotatable bonds is 4. The summed E-state index contributed by atoms with van der Waals surface area (Å²) in [6.07, 6.45) is 0.141. The number of carbonyl (C=O) groups excluding carboxylic acids is 3. The molecule has 1 unspecified atom stereocenters. The van der Waals surface area contributed by atoms with Crippen molar-refractivity contribution >= 4 is 29.0 Å². The molecule has 0 aromatic heterocycles. The number of anilines is 2. The van der Waals surface area contributed by atoms with Crippen molar-refractivity contribution in [1.29, 1.82) is 0 Å². The predicted molar refractivity (Wildman–Crippen MR) is 117 cm³/mol. The van der Waals surface area contributed by atoms with Gasteiger partial charge < -0.3 is 10.6 Å². The molecule has 2 amide bonds. The Morgan fingerprint density at radius 3 is 2.27 bits per heavy atom. The minimum Gasteiger partial charge on any atom is -0.325 e. The number of aryl methyl sites for hydroxylation is 2. The summed E-state index contributed by atoms with van der Waals surface area (Å²) < 4.78 is 0. The summed E-state index contributed by atoms with van der Waals surface area (Å²) >= 11 is 0. The molecule has 30 heavy (non-hydrogen) atoms. The van der Waals surface area contributed by atoms with E-state index in [1.54, 1.807) is 36.4 Å². The number of nitrogens with one attached hydrogen (secondary N) is 2. The second-order valence-electron chi connectivity index (χ2n) is 7.52. The Kier molecular flexibility index (Phi) is 5.19. The van der Waals surface area contributed by atoms with E-state index in [0.717, 1.165) is 22.4 Å². The molecular weight excluding hydrogens is 376 g/mol. The van der Waals surface area contributed by atoms with Crippen LogP contribution in [0.4, 0.5) is 11.4 Å². The maximum atomic E-state index is 13.0. The molecule has 2 N–H and O–H groups in total. The molecule has 0 heterocycles. The fourth-order valence-electron chi connectivity index (χ4n) is 3.90. The molecule has 0 saturated carbocycles. The Hall–Kier alpha value is -3.73. The van der Waals surface area contributed by atoms with Gasteiger partial charge in [-0.05, 0) is 42.7 Å². The highest BCUT2D eigenvalue weighted by molar-refractivity contribution is 6.13. The normalized spacial score (nSPS) is 14.9. The van der Waals surface area contributed by atoms with E-state index in [4.69, 9.17) is 0 Å². The van der Waals surface area contributed by atoms with E-state index < -0.39 is 5.92 Å². The van der Waals surface area contributed by atoms with Gasteiger partial charge in [-0.3, -0.25) is 14.4 Å². The molecule has 0 saturated heterocycles. The van der Waals surface area contributed by atoms with Crippen LogP contribution >= 0.6 is 0 Å². The van der Waals surface area contributed by atoms with E-state index in [1.165, 1.54) is 0 Å². The second-order valence-corrected chi connectivity index (χ2v) is 7.52. The van der Waals surface area contributed by atoms with E-state index >= 15 is 0 Å². The highest BCUT2D eigenvalue weighted by Gasteiger charge is 2.34. The molecular formula is C25H22N2O3. The van der Waals surface area contributed by atoms with Crippen molar-refractivity contribution in [2.45, 2.75) is 26.2 Å². The number of amides is 2. The summed E-state index contributed by atoms with van der Waals surface area (Å²) in [5.74, 6) is -1.18. The summed E-state index contributed by atoms with van der Waals surface area (Å²) in [7, 11) is 0. The predicted octanol–water partition coefficient (Wildman–Crippen LogP) is 4.86. The van der Waals surface area contributed by atoms with Crippen molar-refractivity contribution < 1.29 is 14.4 Å². The molecule has 5 nitrogen and oxygen atoms in total. The summed E-state index contributed by atoms with van der Waals surface area (Å²) in [5.41, 5.74) is 4.81. The van der Waals surface area contributed by atoms with E-state index in [0.29, 0.717) is 16.8 Å². The van der Waals surface area contributed by atoms with Crippen molar-refractivity contribution in [1.82, 2.24) is 0 Å². The molecule has 5 heteroatoms. The number of fused-ring (bicyclic) bond motifs is 1. The molecule has 0 radical (unpaired) electrons. The molecule has 0 bridgehead atoms. The molecule has 150 valence electrons. The Morgan fingerprint density at radius 1 is 0.833 bits per heavy atom. The molecule has 0 fully saturated rings. The highest BCUT2D eigenvalue weighted by Crippen LogP contribution is 2.34. The van der Waals surface area contributed by atoms with Gasteiger partial charge in [0, 0.05) is 17.7 Å². The standard InChI is InChI=1S/C25H22N2O3/c1-15-8-7-9-16(2)23(15)27-24(29)19-12-5-6-13-21(19)26-25(30)20-14-22(28)18-11-4-3-10-17(18)20/h3-13,20H,14H2,1-2H3,(H,26,30)(H,27,29). The zero-order valence-corrected chi connectivity index (χ0v) is 16.9. The maximum absolute atomic E-state index is 13.0. The Balaban J connectivity index is 1.58. The van der Waals surface area contributed by atoms with Crippen molar-refractivity contribution in [2.24, 2.45) is 0 Å². The summed E-state index contributed by atoms with van der Waals surface area (Å²) in [6, 6.07) is 19.9. The lowest BCUT2D eigenvalue weighted by Crippen LogP contribution is -2.22. The Bertz CT molecular complexity index is 1150. The lowest BCUT2D eigenvalue weighted by atomic mass is 10.00. The number of hydrogen-bond donors (Lipinski definition) is 2. The number of ketones is 1. The van der Waals surface area contributed by atoms with Crippen LogP contribution in [0.1, 0.15) is 49.7 Å². The lowest BCUT2D eigenvalue weighted by molar-refractivity contribution is -0.117. The topological polar surface area (TPSA) is 75.3 Å². The molecule has 1 aliphatic rings. The monoisotopic (exact) mass is 398 g/mol. The Labute approximate surface area is 175 Å². The largest absolute Gasteiger partial charge is 0.325 e. The van der Waals surface area contributed by atoms with E-state index in [-0.39, 0.29) is 24.0 Å². The number of carbonyl (C=O) groups is 3. The van der Waals surface area contributed by atoms with Crippen LogP contribution in [0.15, 0.2) is 66.7 Å².